The molecule has 3 aromatic rings. The molecule has 3 aromatic carbocycles. The fourth-order valence-electron chi connectivity index (χ4n) is 4.26. The summed E-state index contributed by atoms with van der Waals surface area (Å²) in [6.45, 7) is 4.97. The Bertz CT molecular complexity index is 1420. The maximum atomic E-state index is 14.0. The van der Waals surface area contributed by atoms with Gasteiger partial charge in [0.2, 0.25) is 21.8 Å². The summed E-state index contributed by atoms with van der Waals surface area (Å²) in [5, 5.41) is 3.86. The number of nitrogens with zero attached hydrogens (tertiary/aromatic N) is 2. The number of carbonyl (C=O) groups is 2. The third-order valence-corrected chi connectivity index (χ3v) is 7.65. The first-order valence-corrected chi connectivity index (χ1v) is 15.1. The lowest BCUT2D eigenvalue weighted by atomic mass is 10.0. The van der Waals surface area contributed by atoms with Gasteiger partial charge >= 0.3 is 0 Å². The van der Waals surface area contributed by atoms with Gasteiger partial charge in [0.25, 0.3) is 0 Å². The van der Waals surface area contributed by atoms with Gasteiger partial charge in [-0.3, -0.25) is 13.9 Å². The standard InChI is InChI=1S/C29H33Cl2N3O4S/c1-20(2)32-29(36)27(17-22-9-6-5-7-10-22)33(18-23-11-8-12-24(30)16-23)28(35)19-34(39(4,37)38)26-14-13-25(31)15-21(26)3/h5-16,20,27H,17-19H2,1-4H3,(H,32,36)/t27-/m0/s1. The van der Waals surface area contributed by atoms with E-state index in [0.29, 0.717) is 26.9 Å². The molecule has 0 heterocycles. The molecule has 3 rings (SSSR count). The van der Waals surface area contributed by atoms with Crippen molar-refractivity contribution in [3.05, 3.63) is 99.5 Å². The molecule has 2 amide bonds. The predicted molar refractivity (Wildman–Crippen MR) is 158 cm³/mol. The second kappa shape index (κ2) is 13.3. The maximum Gasteiger partial charge on any atom is 0.244 e. The SMILES string of the molecule is Cc1cc(Cl)ccc1N(CC(=O)N(Cc1cccc(Cl)c1)[C@@H](Cc1ccccc1)C(=O)NC(C)C)S(C)(=O)=O. The Kier molecular flexibility index (Phi) is 10.4. The van der Waals surface area contributed by atoms with Crippen molar-refractivity contribution < 1.29 is 18.0 Å². The summed E-state index contributed by atoms with van der Waals surface area (Å²) in [5.74, 6) is -0.868. The van der Waals surface area contributed by atoms with Gasteiger partial charge in [-0.2, -0.15) is 0 Å². The average Bonchev–Trinajstić information content (AvgIpc) is 2.84. The van der Waals surface area contributed by atoms with Crippen molar-refractivity contribution >= 4 is 50.7 Å². The highest BCUT2D eigenvalue weighted by molar-refractivity contribution is 7.92. The largest absolute Gasteiger partial charge is 0.352 e. The molecule has 0 aliphatic carbocycles. The van der Waals surface area contributed by atoms with Gasteiger partial charge < -0.3 is 10.2 Å². The van der Waals surface area contributed by atoms with Crippen molar-refractivity contribution in [1.29, 1.82) is 0 Å². The van der Waals surface area contributed by atoms with Crippen LogP contribution in [0.15, 0.2) is 72.8 Å². The van der Waals surface area contributed by atoms with Crippen LogP contribution >= 0.6 is 23.2 Å². The van der Waals surface area contributed by atoms with Gasteiger partial charge in [-0.25, -0.2) is 8.42 Å². The first-order valence-electron chi connectivity index (χ1n) is 12.5. The quantitative estimate of drug-likeness (QED) is 0.331. The number of anilines is 1. The molecule has 0 saturated heterocycles. The number of hydrogen-bond acceptors (Lipinski definition) is 4. The Balaban J connectivity index is 2.07. The molecular formula is C29H33Cl2N3O4S. The third kappa shape index (κ3) is 8.71. The molecule has 39 heavy (non-hydrogen) atoms. The van der Waals surface area contributed by atoms with E-state index in [1.807, 2.05) is 50.2 Å². The molecule has 10 heteroatoms. The van der Waals surface area contributed by atoms with Crippen LogP contribution in [0.3, 0.4) is 0 Å². The molecule has 0 aromatic heterocycles. The molecule has 0 saturated carbocycles. The summed E-state index contributed by atoms with van der Waals surface area (Å²) in [6, 6.07) is 20.1. The van der Waals surface area contributed by atoms with Gasteiger partial charge in [-0.15, -0.1) is 0 Å². The lowest BCUT2D eigenvalue weighted by Crippen LogP contribution is -2.54. The normalized spacial score (nSPS) is 12.2. The van der Waals surface area contributed by atoms with Crippen molar-refractivity contribution in [2.24, 2.45) is 0 Å². The number of halogens is 2. The maximum absolute atomic E-state index is 14.0. The van der Waals surface area contributed by atoms with Crippen LogP contribution in [0.5, 0.6) is 0 Å². The van der Waals surface area contributed by atoms with Crippen LogP contribution in [0.2, 0.25) is 10.0 Å². The number of sulfonamides is 1. The van der Waals surface area contributed by atoms with Crippen LogP contribution in [-0.4, -0.2) is 50.0 Å². The van der Waals surface area contributed by atoms with Crippen molar-refractivity contribution in [3.8, 4) is 0 Å². The van der Waals surface area contributed by atoms with Gasteiger partial charge in [-0.1, -0.05) is 65.7 Å². The minimum absolute atomic E-state index is 0.0552. The fourth-order valence-corrected chi connectivity index (χ4v) is 5.61. The first-order chi connectivity index (χ1) is 18.3. The molecule has 0 radical (unpaired) electrons. The van der Waals surface area contributed by atoms with Gasteiger partial charge in [0, 0.05) is 29.1 Å². The second-order valence-corrected chi connectivity index (χ2v) is 12.5. The first kappa shape index (κ1) is 30.5. The van der Waals surface area contributed by atoms with E-state index >= 15 is 0 Å². The Morgan fingerprint density at radius 2 is 1.54 bits per heavy atom. The Morgan fingerprint density at radius 1 is 0.897 bits per heavy atom. The van der Waals surface area contributed by atoms with E-state index in [-0.39, 0.29) is 24.9 Å². The zero-order chi connectivity index (χ0) is 28.7. The topological polar surface area (TPSA) is 86.8 Å². The zero-order valence-electron chi connectivity index (χ0n) is 22.4. The van der Waals surface area contributed by atoms with Gasteiger partial charge in [0.15, 0.2) is 0 Å². The molecule has 7 nitrogen and oxygen atoms in total. The second-order valence-electron chi connectivity index (χ2n) is 9.72. The van der Waals surface area contributed by atoms with Gasteiger partial charge in [-0.05, 0) is 67.8 Å². The number of amides is 2. The Morgan fingerprint density at radius 3 is 2.13 bits per heavy atom. The van der Waals surface area contributed by atoms with Crippen LogP contribution in [-0.2, 0) is 32.6 Å². The summed E-state index contributed by atoms with van der Waals surface area (Å²) in [6.07, 6.45) is 1.28. The summed E-state index contributed by atoms with van der Waals surface area (Å²) in [4.78, 5) is 29.0. The van der Waals surface area contributed by atoms with Crippen molar-refractivity contribution in [2.45, 2.75) is 45.8 Å². The number of nitrogens with one attached hydrogen (secondary N) is 1. The van der Waals surface area contributed by atoms with E-state index in [9.17, 15) is 18.0 Å². The molecular weight excluding hydrogens is 557 g/mol. The highest BCUT2D eigenvalue weighted by Gasteiger charge is 2.33. The lowest BCUT2D eigenvalue weighted by Gasteiger charge is -2.34. The minimum Gasteiger partial charge on any atom is -0.352 e. The van der Waals surface area contributed by atoms with Crippen molar-refractivity contribution in [3.63, 3.8) is 0 Å². The third-order valence-electron chi connectivity index (χ3n) is 6.05. The number of aryl methyl sites for hydroxylation is 1. The molecule has 1 N–H and O–H groups in total. The molecule has 0 aliphatic rings. The zero-order valence-corrected chi connectivity index (χ0v) is 24.7. The van der Waals surface area contributed by atoms with E-state index in [4.69, 9.17) is 23.2 Å². The minimum atomic E-state index is -3.86. The lowest BCUT2D eigenvalue weighted by molar-refractivity contribution is -0.140. The highest BCUT2D eigenvalue weighted by atomic mass is 35.5. The van der Waals surface area contributed by atoms with Crippen LogP contribution in [0.1, 0.15) is 30.5 Å². The van der Waals surface area contributed by atoms with Crippen LogP contribution in [0.4, 0.5) is 5.69 Å². The molecule has 0 unspecified atom stereocenters. The Hall–Kier alpha value is -3.07. The van der Waals surface area contributed by atoms with Crippen molar-refractivity contribution in [1.82, 2.24) is 10.2 Å². The molecule has 208 valence electrons. The average molecular weight is 591 g/mol. The molecule has 0 fully saturated rings. The van der Waals surface area contributed by atoms with Gasteiger partial charge in [0.1, 0.15) is 12.6 Å². The number of benzene rings is 3. The van der Waals surface area contributed by atoms with E-state index in [0.717, 1.165) is 16.1 Å². The summed E-state index contributed by atoms with van der Waals surface area (Å²) in [7, 11) is -3.86. The van der Waals surface area contributed by atoms with E-state index in [1.54, 1.807) is 43.3 Å². The van der Waals surface area contributed by atoms with Gasteiger partial charge in [0.05, 0.1) is 11.9 Å². The molecule has 0 aliphatic heterocycles. The monoisotopic (exact) mass is 589 g/mol. The van der Waals surface area contributed by atoms with E-state index in [2.05, 4.69) is 5.32 Å². The number of rotatable bonds is 11. The van der Waals surface area contributed by atoms with Crippen LogP contribution in [0, 0.1) is 6.92 Å². The molecule has 0 bridgehead atoms. The summed E-state index contributed by atoms with van der Waals surface area (Å²) in [5.41, 5.74) is 2.50. The van der Waals surface area contributed by atoms with Crippen molar-refractivity contribution in [2.75, 3.05) is 17.1 Å². The number of hydrogen-bond donors (Lipinski definition) is 1. The Labute approximate surface area is 240 Å². The molecule has 1 atom stereocenters. The number of carbonyl (C=O) groups excluding carboxylic acids is 2. The predicted octanol–water partition coefficient (Wildman–Crippen LogP) is 5.23. The van der Waals surface area contributed by atoms with Crippen LogP contribution < -0.4 is 9.62 Å². The smallest absolute Gasteiger partial charge is 0.244 e. The summed E-state index contributed by atoms with van der Waals surface area (Å²) >= 11 is 12.3. The highest BCUT2D eigenvalue weighted by Crippen LogP contribution is 2.26. The van der Waals surface area contributed by atoms with E-state index < -0.39 is 28.5 Å². The fraction of sp³-hybridized carbons (Fsp3) is 0.310. The van der Waals surface area contributed by atoms with Crippen LogP contribution in [0.25, 0.3) is 0 Å². The summed E-state index contributed by atoms with van der Waals surface area (Å²) < 4.78 is 26.8. The molecule has 0 spiro atoms. The van der Waals surface area contributed by atoms with E-state index in [1.165, 1.54) is 4.90 Å².